The molecule has 0 aliphatic heterocycles. The normalized spacial score (nSPS) is 18.6. The number of nitrogens with one attached hydrogen (secondary N) is 2. The molecule has 25 heavy (non-hydrogen) atoms. The van der Waals surface area contributed by atoms with E-state index in [1.807, 2.05) is 57.2 Å². The number of aryl methyl sites for hydroxylation is 3. The molecule has 4 nitrogen and oxygen atoms in total. The van der Waals surface area contributed by atoms with Gasteiger partial charge in [-0.25, -0.2) is 0 Å². The zero-order valence-corrected chi connectivity index (χ0v) is 15.3. The first-order valence-electron chi connectivity index (χ1n) is 8.30. The van der Waals surface area contributed by atoms with Gasteiger partial charge in [0.05, 0.1) is 22.5 Å². The molecule has 0 bridgehead atoms. The van der Waals surface area contributed by atoms with Gasteiger partial charge in [0, 0.05) is 5.69 Å². The van der Waals surface area contributed by atoms with Crippen LogP contribution in [0.15, 0.2) is 36.4 Å². The zero-order chi connectivity index (χ0) is 18.1. The van der Waals surface area contributed by atoms with Crippen LogP contribution in [0.25, 0.3) is 0 Å². The number of rotatable bonds is 4. The second-order valence-corrected chi connectivity index (χ2v) is 7.14. The number of carbonyl (C=O) groups is 2. The Morgan fingerprint density at radius 1 is 0.960 bits per heavy atom. The highest BCUT2D eigenvalue weighted by Gasteiger charge is 2.48. The van der Waals surface area contributed by atoms with Crippen LogP contribution in [0.3, 0.4) is 0 Å². The van der Waals surface area contributed by atoms with Crippen molar-refractivity contribution in [2.75, 3.05) is 10.6 Å². The van der Waals surface area contributed by atoms with Crippen LogP contribution in [0.1, 0.15) is 23.1 Å². The molecule has 2 N–H and O–H groups in total. The summed E-state index contributed by atoms with van der Waals surface area (Å²) in [7, 11) is 0. The first-order valence-corrected chi connectivity index (χ1v) is 8.68. The van der Waals surface area contributed by atoms with Crippen molar-refractivity contribution in [3.63, 3.8) is 0 Å². The van der Waals surface area contributed by atoms with Gasteiger partial charge in [0.2, 0.25) is 11.8 Å². The van der Waals surface area contributed by atoms with Gasteiger partial charge in [-0.2, -0.15) is 0 Å². The molecule has 5 heteroatoms. The van der Waals surface area contributed by atoms with Gasteiger partial charge in [-0.1, -0.05) is 29.8 Å². The van der Waals surface area contributed by atoms with Gasteiger partial charge in [0.25, 0.3) is 0 Å². The highest BCUT2D eigenvalue weighted by atomic mass is 35.5. The Hall–Kier alpha value is -2.33. The van der Waals surface area contributed by atoms with Crippen LogP contribution >= 0.6 is 11.6 Å². The van der Waals surface area contributed by atoms with E-state index < -0.39 is 0 Å². The Morgan fingerprint density at radius 2 is 1.64 bits per heavy atom. The molecule has 1 aliphatic rings. The standard InChI is InChI=1S/C20H21ClN2O2/c1-11-5-4-6-14(8-11)22-19(24)15-10-16(15)20(25)23-18-13(3)7-12(2)9-17(18)21/h4-9,15-16H,10H2,1-3H3,(H,22,24)(H,23,25). The van der Waals surface area contributed by atoms with Crippen molar-refractivity contribution in [1.82, 2.24) is 0 Å². The second-order valence-electron chi connectivity index (χ2n) is 6.74. The number of halogens is 1. The molecule has 0 radical (unpaired) electrons. The summed E-state index contributed by atoms with van der Waals surface area (Å²) in [5.41, 5.74) is 4.42. The SMILES string of the molecule is Cc1cccc(NC(=O)C2CC2C(=O)Nc2c(C)cc(C)cc2Cl)c1. The quantitative estimate of drug-likeness (QED) is 0.848. The number of carbonyl (C=O) groups excluding carboxylic acids is 2. The zero-order valence-electron chi connectivity index (χ0n) is 14.5. The third-order valence-corrected chi connectivity index (χ3v) is 4.73. The highest BCUT2D eigenvalue weighted by molar-refractivity contribution is 6.34. The smallest absolute Gasteiger partial charge is 0.228 e. The Morgan fingerprint density at radius 3 is 2.28 bits per heavy atom. The van der Waals surface area contributed by atoms with Crippen LogP contribution in [0.4, 0.5) is 11.4 Å². The lowest BCUT2D eigenvalue weighted by molar-refractivity contribution is -0.122. The van der Waals surface area contributed by atoms with Crippen LogP contribution < -0.4 is 10.6 Å². The Bertz CT molecular complexity index is 824. The summed E-state index contributed by atoms with van der Waals surface area (Å²) in [6.07, 6.45) is 0.562. The minimum Gasteiger partial charge on any atom is -0.326 e. The molecule has 2 atom stereocenters. The fraction of sp³-hybridized carbons (Fsp3) is 0.300. The summed E-state index contributed by atoms with van der Waals surface area (Å²) in [5, 5.41) is 6.27. The molecule has 2 aromatic rings. The van der Waals surface area contributed by atoms with E-state index in [0.717, 1.165) is 22.4 Å². The van der Waals surface area contributed by atoms with Gasteiger partial charge in [0.1, 0.15) is 0 Å². The molecule has 2 amide bonds. The second kappa shape index (κ2) is 6.89. The van der Waals surface area contributed by atoms with E-state index in [4.69, 9.17) is 11.6 Å². The summed E-state index contributed by atoms with van der Waals surface area (Å²) >= 11 is 6.23. The molecule has 1 aliphatic carbocycles. The predicted octanol–water partition coefficient (Wildman–Crippen LogP) is 4.48. The van der Waals surface area contributed by atoms with Gasteiger partial charge < -0.3 is 10.6 Å². The molecule has 1 saturated carbocycles. The lowest BCUT2D eigenvalue weighted by Gasteiger charge is -2.11. The van der Waals surface area contributed by atoms with Gasteiger partial charge in [-0.3, -0.25) is 9.59 Å². The van der Waals surface area contributed by atoms with E-state index >= 15 is 0 Å². The molecule has 0 saturated heterocycles. The van der Waals surface area contributed by atoms with Crippen molar-refractivity contribution in [2.24, 2.45) is 11.8 Å². The molecular formula is C20H21ClN2O2. The van der Waals surface area contributed by atoms with Crippen LogP contribution in [-0.4, -0.2) is 11.8 Å². The minimum absolute atomic E-state index is 0.113. The average molecular weight is 357 g/mol. The first kappa shape index (κ1) is 17.5. The molecule has 0 heterocycles. The number of benzene rings is 2. The van der Waals surface area contributed by atoms with Crippen molar-refractivity contribution in [1.29, 1.82) is 0 Å². The molecule has 1 fully saturated rings. The molecule has 0 aromatic heterocycles. The lowest BCUT2D eigenvalue weighted by Crippen LogP contribution is -2.21. The predicted molar refractivity (Wildman–Crippen MR) is 101 cm³/mol. The number of anilines is 2. The third kappa shape index (κ3) is 4.02. The van der Waals surface area contributed by atoms with Crippen molar-refractivity contribution in [3.8, 4) is 0 Å². The summed E-state index contributed by atoms with van der Waals surface area (Å²) in [6.45, 7) is 5.83. The summed E-state index contributed by atoms with van der Waals surface area (Å²) < 4.78 is 0. The van der Waals surface area contributed by atoms with Crippen LogP contribution in [0.2, 0.25) is 5.02 Å². The van der Waals surface area contributed by atoms with E-state index in [-0.39, 0.29) is 23.7 Å². The molecule has 2 unspecified atom stereocenters. The van der Waals surface area contributed by atoms with E-state index in [2.05, 4.69) is 10.6 Å². The lowest BCUT2D eigenvalue weighted by atomic mass is 10.1. The highest BCUT2D eigenvalue weighted by Crippen LogP contribution is 2.41. The average Bonchev–Trinajstić information content (AvgIpc) is 3.31. The van der Waals surface area contributed by atoms with Gasteiger partial charge in [-0.15, -0.1) is 0 Å². The van der Waals surface area contributed by atoms with Gasteiger partial charge >= 0.3 is 0 Å². The summed E-state index contributed by atoms with van der Waals surface area (Å²) in [5.74, 6) is -0.859. The number of hydrogen-bond donors (Lipinski definition) is 2. The Kier molecular flexibility index (Phi) is 4.82. The fourth-order valence-electron chi connectivity index (χ4n) is 3.02. The van der Waals surface area contributed by atoms with Crippen LogP contribution in [0, 0.1) is 32.6 Å². The number of hydrogen-bond acceptors (Lipinski definition) is 2. The molecule has 3 rings (SSSR count). The molecule has 0 spiro atoms. The first-order chi connectivity index (χ1) is 11.8. The van der Waals surface area contributed by atoms with Gasteiger partial charge in [0.15, 0.2) is 0 Å². The van der Waals surface area contributed by atoms with E-state index in [1.54, 1.807) is 0 Å². The maximum atomic E-state index is 12.4. The van der Waals surface area contributed by atoms with Crippen LogP contribution in [0.5, 0.6) is 0 Å². The Labute approximate surface area is 152 Å². The van der Waals surface area contributed by atoms with Crippen molar-refractivity contribution in [3.05, 3.63) is 58.1 Å². The minimum atomic E-state index is -0.304. The van der Waals surface area contributed by atoms with E-state index in [1.165, 1.54) is 0 Å². The van der Waals surface area contributed by atoms with Crippen molar-refractivity contribution in [2.45, 2.75) is 27.2 Å². The van der Waals surface area contributed by atoms with E-state index in [0.29, 0.717) is 17.1 Å². The molecule has 130 valence electrons. The largest absolute Gasteiger partial charge is 0.326 e. The van der Waals surface area contributed by atoms with E-state index in [9.17, 15) is 9.59 Å². The van der Waals surface area contributed by atoms with Crippen molar-refractivity contribution >= 4 is 34.8 Å². The monoisotopic (exact) mass is 356 g/mol. The molecular weight excluding hydrogens is 336 g/mol. The fourth-order valence-corrected chi connectivity index (χ4v) is 3.39. The summed E-state index contributed by atoms with van der Waals surface area (Å²) in [6, 6.07) is 11.4. The molecule has 2 aromatic carbocycles. The maximum absolute atomic E-state index is 12.4. The number of amides is 2. The van der Waals surface area contributed by atoms with Gasteiger partial charge in [-0.05, 0) is 62.1 Å². The Balaban J connectivity index is 1.61. The van der Waals surface area contributed by atoms with Crippen molar-refractivity contribution < 1.29 is 9.59 Å². The topological polar surface area (TPSA) is 58.2 Å². The maximum Gasteiger partial charge on any atom is 0.228 e. The van der Waals surface area contributed by atoms with Crippen LogP contribution in [-0.2, 0) is 9.59 Å². The summed E-state index contributed by atoms with van der Waals surface area (Å²) in [4.78, 5) is 24.8. The third-order valence-electron chi connectivity index (χ3n) is 4.43.